The highest BCUT2D eigenvalue weighted by Gasteiger charge is 2.10. The third-order valence-electron chi connectivity index (χ3n) is 1.77. The van der Waals surface area contributed by atoms with Crippen LogP contribution in [0.15, 0.2) is 22.9 Å². The lowest BCUT2D eigenvalue weighted by Crippen LogP contribution is -2.34. The Morgan fingerprint density at radius 1 is 1.79 bits per heavy atom. The molecule has 0 aliphatic carbocycles. The Hall–Kier alpha value is -0.940. The molecule has 0 aliphatic rings. The van der Waals surface area contributed by atoms with Crippen LogP contribution in [-0.2, 0) is 4.79 Å². The Bertz CT molecular complexity index is 330. The van der Waals surface area contributed by atoms with Gasteiger partial charge in [0.2, 0.25) is 5.91 Å². The molecule has 1 heterocycles. The average molecular weight is 258 g/mol. The van der Waals surface area contributed by atoms with Gasteiger partial charge in [0.05, 0.1) is 6.04 Å². The molecule has 0 fully saturated rings. The third-order valence-corrected chi connectivity index (χ3v) is 2.20. The number of halogens is 1. The molecule has 1 aromatic heterocycles. The van der Waals surface area contributed by atoms with Gasteiger partial charge in [0.1, 0.15) is 4.60 Å². The molecule has 1 rings (SSSR count). The molecule has 0 radical (unpaired) electrons. The minimum absolute atomic E-state index is 0.175. The molecular formula is C9H12BrN3O. The summed E-state index contributed by atoms with van der Waals surface area (Å²) >= 11 is 3.21. The summed E-state index contributed by atoms with van der Waals surface area (Å²) in [5.74, 6) is -0.175. The fourth-order valence-electron chi connectivity index (χ4n) is 0.901. The maximum absolute atomic E-state index is 11.4. The highest BCUT2D eigenvalue weighted by atomic mass is 79.9. The highest BCUT2D eigenvalue weighted by molar-refractivity contribution is 9.10. The lowest BCUT2D eigenvalue weighted by atomic mass is 10.2. The first-order chi connectivity index (χ1) is 6.63. The molecule has 3 N–H and O–H groups in total. The summed E-state index contributed by atoms with van der Waals surface area (Å²) in [5, 5.41) is 2.70. The summed E-state index contributed by atoms with van der Waals surface area (Å²) in [7, 11) is 0. The summed E-state index contributed by atoms with van der Waals surface area (Å²) in [4.78, 5) is 15.3. The summed E-state index contributed by atoms with van der Waals surface area (Å²) < 4.78 is 0.681. The van der Waals surface area contributed by atoms with Gasteiger partial charge in [0.25, 0.3) is 0 Å². The third kappa shape index (κ3) is 3.08. The van der Waals surface area contributed by atoms with E-state index in [1.165, 1.54) is 0 Å². The first kappa shape index (κ1) is 11.1. The second kappa shape index (κ2) is 5.07. The number of aromatic nitrogens is 1. The van der Waals surface area contributed by atoms with Gasteiger partial charge in [-0.2, -0.15) is 0 Å². The van der Waals surface area contributed by atoms with Crippen LogP contribution in [0, 0.1) is 0 Å². The lowest BCUT2D eigenvalue weighted by molar-refractivity contribution is -0.117. The van der Waals surface area contributed by atoms with Crippen molar-refractivity contribution in [2.24, 2.45) is 5.73 Å². The normalized spacial score (nSPS) is 12.2. The Morgan fingerprint density at radius 3 is 3.07 bits per heavy atom. The van der Waals surface area contributed by atoms with Gasteiger partial charge in [-0.15, -0.1) is 0 Å². The predicted octanol–water partition coefficient (Wildman–Crippen LogP) is 1.52. The minimum atomic E-state index is -0.457. The van der Waals surface area contributed by atoms with E-state index in [-0.39, 0.29) is 5.91 Å². The van der Waals surface area contributed by atoms with Crippen LogP contribution in [0.1, 0.15) is 13.3 Å². The Labute approximate surface area is 91.0 Å². The Balaban J connectivity index is 2.65. The summed E-state index contributed by atoms with van der Waals surface area (Å²) in [6.45, 7) is 1.87. The number of nitrogens with two attached hydrogens (primary N) is 1. The summed E-state index contributed by atoms with van der Waals surface area (Å²) in [6.07, 6.45) is 2.23. The minimum Gasteiger partial charge on any atom is -0.325 e. The number of nitrogens with one attached hydrogen (secondary N) is 1. The van der Waals surface area contributed by atoms with Crippen molar-refractivity contribution in [3.8, 4) is 0 Å². The maximum atomic E-state index is 11.4. The van der Waals surface area contributed by atoms with Crippen molar-refractivity contribution in [2.75, 3.05) is 5.32 Å². The van der Waals surface area contributed by atoms with Crippen molar-refractivity contribution in [3.05, 3.63) is 22.9 Å². The second-order valence-corrected chi connectivity index (χ2v) is 3.68. The van der Waals surface area contributed by atoms with Crippen LogP contribution in [0.4, 0.5) is 5.69 Å². The van der Waals surface area contributed by atoms with Gasteiger partial charge in [-0.05, 0) is 34.5 Å². The van der Waals surface area contributed by atoms with Gasteiger partial charge in [0, 0.05) is 11.9 Å². The fraction of sp³-hybridized carbons (Fsp3) is 0.333. The zero-order valence-corrected chi connectivity index (χ0v) is 9.41. The maximum Gasteiger partial charge on any atom is 0.241 e. The standard InChI is InChI=1S/C9H12BrN3O/c1-2-7(11)9(14)13-6-3-4-12-8(10)5-6/h3-5,7H,2,11H2,1H3,(H,12,13,14)/t7-/m1/s1. The molecule has 0 saturated carbocycles. The number of carbonyl (C=O) groups excluding carboxylic acids is 1. The smallest absolute Gasteiger partial charge is 0.241 e. The van der Waals surface area contributed by atoms with E-state index in [4.69, 9.17) is 5.73 Å². The van der Waals surface area contributed by atoms with Gasteiger partial charge in [0.15, 0.2) is 0 Å². The van der Waals surface area contributed by atoms with Crippen molar-refractivity contribution in [3.63, 3.8) is 0 Å². The zero-order valence-electron chi connectivity index (χ0n) is 7.83. The summed E-state index contributed by atoms with van der Waals surface area (Å²) in [6, 6.07) is 2.98. The van der Waals surface area contributed by atoms with Gasteiger partial charge in [-0.25, -0.2) is 4.98 Å². The van der Waals surface area contributed by atoms with E-state index in [2.05, 4.69) is 26.2 Å². The molecule has 0 unspecified atom stereocenters. The SMILES string of the molecule is CC[C@@H](N)C(=O)Nc1ccnc(Br)c1. The van der Waals surface area contributed by atoms with Crippen LogP contribution >= 0.6 is 15.9 Å². The largest absolute Gasteiger partial charge is 0.325 e. The molecule has 0 aliphatic heterocycles. The van der Waals surface area contributed by atoms with Crippen LogP contribution < -0.4 is 11.1 Å². The molecule has 1 amide bonds. The zero-order chi connectivity index (χ0) is 10.6. The number of rotatable bonds is 3. The number of pyridine rings is 1. The lowest BCUT2D eigenvalue weighted by Gasteiger charge is -2.09. The Kier molecular flexibility index (Phi) is 4.03. The van der Waals surface area contributed by atoms with Crippen LogP contribution in [0.25, 0.3) is 0 Å². The van der Waals surface area contributed by atoms with Gasteiger partial charge in [-0.1, -0.05) is 6.92 Å². The van der Waals surface area contributed by atoms with E-state index >= 15 is 0 Å². The van der Waals surface area contributed by atoms with Crippen molar-refractivity contribution in [1.82, 2.24) is 4.98 Å². The second-order valence-electron chi connectivity index (χ2n) is 2.87. The van der Waals surface area contributed by atoms with E-state index < -0.39 is 6.04 Å². The van der Waals surface area contributed by atoms with Crippen LogP contribution in [0.3, 0.4) is 0 Å². The number of nitrogens with zero attached hydrogens (tertiary/aromatic N) is 1. The topological polar surface area (TPSA) is 68.0 Å². The Morgan fingerprint density at radius 2 is 2.50 bits per heavy atom. The molecule has 4 nitrogen and oxygen atoms in total. The first-order valence-electron chi connectivity index (χ1n) is 4.31. The summed E-state index contributed by atoms with van der Waals surface area (Å²) in [5.41, 5.74) is 6.26. The quantitative estimate of drug-likeness (QED) is 0.807. The predicted molar refractivity (Wildman–Crippen MR) is 58.8 cm³/mol. The van der Waals surface area contributed by atoms with Gasteiger partial charge >= 0.3 is 0 Å². The number of carbonyl (C=O) groups is 1. The molecule has 5 heteroatoms. The van der Waals surface area contributed by atoms with Crippen molar-refractivity contribution < 1.29 is 4.79 Å². The monoisotopic (exact) mass is 257 g/mol. The van der Waals surface area contributed by atoms with Crippen molar-refractivity contribution in [1.29, 1.82) is 0 Å². The van der Waals surface area contributed by atoms with Crippen LogP contribution in [-0.4, -0.2) is 16.9 Å². The van der Waals surface area contributed by atoms with Crippen LogP contribution in [0.2, 0.25) is 0 Å². The number of amides is 1. The molecular weight excluding hydrogens is 246 g/mol. The first-order valence-corrected chi connectivity index (χ1v) is 5.10. The number of hydrogen-bond acceptors (Lipinski definition) is 3. The molecule has 76 valence electrons. The highest BCUT2D eigenvalue weighted by Crippen LogP contribution is 2.12. The van der Waals surface area contributed by atoms with Crippen LogP contribution in [0.5, 0.6) is 0 Å². The van der Waals surface area contributed by atoms with E-state index in [1.807, 2.05) is 6.92 Å². The van der Waals surface area contributed by atoms with Crippen molar-refractivity contribution in [2.45, 2.75) is 19.4 Å². The molecule has 0 bridgehead atoms. The van der Waals surface area contributed by atoms with E-state index in [9.17, 15) is 4.79 Å². The number of anilines is 1. The van der Waals surface area contributed by atoms with E-state index in [0.717, 1.165) is 0 Å². The molecule has 0 aromatic carbocycles. The molecule has 0 spiro atoms. The average Bonchev–Trinajstić information content (AvgIpc) is 2.16. The molecule has 1 atom stereocenters. The van der Waals surface area contributed by atoms with Gasteiger partial charge in [-0.3, -0.25) is 4.79 Å². The fourth-order valence-corrected chi connectivity index (χ4v) is 1.27. The molecule has 0 saturated heterocycles. The van der Waals surface area contributed by atoms with E-state index in [1.54, 1.807) is 18.3 Å². The van der Waals surface area contributed by atoms with Gasteiger partial charge < -0.3 is 11.1 Å². The van der Waals surface area contributed by atoms with Crippen molar-refractivity contribution >= 4 is 27.5 Å². The molecule has 1 aromatic rings. The van der Waals surface area contributed by atoms with E-state index in [0.29, 0.717) is 16.7 Å². The molecule has 14 heavy (non-hydrogen) atoms. The number of hydrogen-bond donors (Lipinski definition) is 2.